The molecule has 2 heteroatoms. The highest BCUT2D eigenvalue weighted by Gasteiger charge is 2.26. The molecule has 2 aromatic rings. The van der Waals surface area contributed by atoms with Crippen molar-refractivity contribution < 1.29 is 5.11 Å². The molecule has 2 aromatic carbocycles. The Kier molecular flexibility index (Phi) is 5.05. The molecule has 0 saturated carbocycles. The molecule has 0 aliphatic rings. The molecule has 0 aliphatic carbocycles. The van der Waals surface area contributed by atoms with Crippen LogP contribution < -0.4 is 5.32 Å². The number of nitrogens with one attached hydrogen (secondary N) is 1. The summed E-state index contributed by atoms with van der Waals surface area (Å²) in [6.45, 7) is 9.09. The summed E-state index contributed by atoms with van der Waals surface area (Å²) >= 11 is 0. The Labute approximate surface area is 134 Å². The zero-order valence-corrected chi connectivity index (χ0v) is 14.1. The summed E-state index contributed by atoms with van der Waals surface area (Å²) in [4.78, 5) is 0. The van der Waals surface area contributed by atoms with E-state index in [-0.39, 0.29) is 5.54 Å². The van der Waals surface area contributed by atoms with Crippen LogP contribution in [0.1, 0.15) is 39.7 Å². The Hall–Kier alpha value is -1.64. The second-order valence-corrected chi connectivity index (χ2v) is 7.11. The Morgan fingerprint density at radius 2 is 1.45 bits per heavy atom. The molecule has 1 atom stereocenters. The van der Waals surface area contributed by atoms with Crippen molar-refractivity contribution in [3.8, 4) is 11.1 Å². The molecule has 0 aromatic heterocycles. The molecule has 0 radical (unpaired) electrons. The van der Waals surface area contributed by atoms with Crippen LogP contribution in [0.25, 0.3) is 11.1 Å². The zero-order valence-electron chi connectivity index (χ0n) is 14.1. The summed E-state index contributed by atoms with van der Waals surface area (Å²) in [5.74, 6) is 0. The summed E-state index contributed by atoms with van der Waals surface area (Å²) < 4.78 is 0. The fraction of sp³-hybridized carbons (Fsp3) is 0.400. The predicted molar refractivity (Wildman–Crippen MR) is 93.8 cm³/mol. The monoisotopic (exact) mass is 297 g/mol. The van der Waals surface area contributed by atoms with Crippen LogP contribution >= 0.6 is 0 Å². The Morgan fingerprint density at radius 3 is 2.09 bits per heavy atom. The van der Waals surface area contributed by atoms with Gasteiger partial charge in [-0.2, -0.15) is 0 Å². The summed E-state index contributed by atoms with van der Waals surface area (Å²) in [6, 6.07) is 18.4. The summed E-state index contributed by atoms with van der Waals surface area (Å²) in [5, 5.41) is 14.4. The Morgan fingerprint density at radius 1 is 0.864 bits per heavy atom. The van der Waals surface area contributed by atoms with Crippen molar-refractivity contribution in [3.63, 3.8) is 0 Å². The van der Waals surface area contributed by atoms with E-state index in [1.165, 1.54) is 0 Å². The second-order valence-electron chi connectivity index (χ2n) is 7.11. The van der Waals surface area contributed by atoms with Gasteiger partial charge in [-0.1, -0.05) is 54.6 Å². The first kappa shape index (κ1) is 16.7. The van der Waals surface area contributed by atoms with Gasteiger partial charge in [0.1, 0.15) is 0 Å². The van der Waals surface area contributed by atoms with E-state index >= 15 is 0 Å². The molecule has 0 aliphatic heterocycles. The van der Waals surface area contributed by atoms with Gasteiger partial charge < -0.3 is 10.4 Å². The van der Waals surface area contributed by atoms with E-state index in [0.717, 1.165) is 23.2 Å². The van der Waals surface area contributed by atoms with E-state index in [4.69, 9.17) is 0 Å². The van der Waals surface area contributed by atoms with Crippen molar-refractivity contribution >= 4 is 0 Å². The Bertz CT molecular complexity index is 597. The van der Waals surface area contributed by atoms with Crippen molar-refractivity contribution in [2.24, 2.45) is 0 Å². The van der Waals surface area contributed by atoms with Gasteiger partial charge in [0, 0.05) is 5.54 Å². The van der Waals surface area contributed by atoms with Gasteiger partial charge in [0.05, 0.1) is 5.60 Å². The first-order chi connectivity index (χ1) is 10.3. The van der Waals surface area contributed by atoms with Crippen molar-refractivity contribution in [2.75, 3.05) is 6.54 Å². The van der Waals surface area contributed by atoms with Gasteiger partial charge in [0.2, 0.25) is 0 Å². The minimum atomic E-state index is -0.856. The highest BCUT2D eigenvalue weighted by Crippen LogP contribution is 2.33. The lowest BCUT2D eigenvalue weighted by Gasteiger charge is -2.29. The van der Waals surface area contributed by atoms with Crippen LogP contribution in [0.5, 0.6) is 0 Å². The lowest BCUT2D eigenvalue weighted by atomic mass is 9.86. The van der Waals surface area contributed by atoms with Crippen molar-refractivity contribution in [3.05, 3.63) is 60.2 Å². The smallest absolute Gasteiger partial charge is 0.0886 e. The second kappa shape index (κ2) is 6.64. The first-order valence-electron chi connectivity index (χ1n) is 7.92. The van der Waals surface area contributed by atoms with Crippen molar-refractivity contribution in [2.45, 2.75) is 45.3 Å². The highest BCUT2D eigenvalue weighted by atomic mass is 16.3. The molecule has 22 heavy (non-hydrogen) atoms. The van der Waals surface area contributed by atoms with Crippen LogP contribution in [0.15, 0.2) is 54.6 Å². The third-order valence-corrected chi connectivity index (χ3v) is 3.86. The average molecular weight is 297 g/mol. The Balaban J connectivity index is 2.24. The molecule has 0 saturated heterocycles. The van der Waals surface area contributed by atoms with Gasteiger partial charge >= 0.3 is 0 Å². The van der Waals surface area contributed by atoms with Crippen LogP contribution in [0.2, 0.25) is 0 Å². The molecule has 0 fully saturated rings. The quantitative estimate of drug-likeness (QED) is 0.860. The van der Waals surface area contributed by atoms with Gasteiger partial charge in [-0.05, 0) is 57.4 Å². The molecule has 2 nitrogen and oxygen atoms in total. The third-order valence-electron chi connectivity index (χ3n) is 3.86. The minimum absolute atomic E-state index is 0.0645. The van der Waals surface area contributed by atoms with Crippen molar-refractivity contribution in [1.29, 1.82) is 0 Å². The van der Waals surface area contributed by atoms with Crippen LogP contribution in [-0.2, 0) is 5.60 Å². The van der Waals surface area contributed by atoms with Gasteiger partial charge in [-0.15, -0.1) is 0 Å². The van der Waals surface area contributed by atoms with Crippen LogP contribution in [0.4, 0.5) is 0 Å². The van der Waals surface area contributed by atoms with E-state index in [2.05, 4.69) is 44.3 Å². The molecular formula is C20H27NO. The van der Waals surface area contributed by atoms with E-state index in [1.807, 2.05) is 43.3 Å². The first-order valence-corrected chi connectivity index (χ1v) is 7.92. The molecule has 0 spiro atoms. The standard InChI is InChI=1S/C20H27NO/c1-19(2,3)21-15-14-20(4,22)18-13-9-8-12-17(18)16-10-6-5-7-11-16/h5-13,21-22H,14-15H2,1-4H3. The minimum Gasteiger partial charge on any atom is -0.385 e. The largest absolute Gasteiger partial charge is 0.385 e. The van der Waals surface area contributed by atoms with Crippen LogP contribution in [0.3, 0.4) is 0 Å². The maximum atomic E-state index is 11.0. The molecular weight excluding hydrogens is 270 g/mol. The van der Waals surface area contributed by atoms with Crippen LogP contribution in [0, 0.1) is 0 Å². The van der Waals surface area contributed by atoms with E-state index < -0.39 is 5.60 Å². The summed E-state index contributed by atoms with van der Waals surface area (Å²) in [7, 11) is 0. The van der Waals surface area contributed by atoms with Gasteiger partial charge in [0.15, 0.2) is 0 Å². The molecule has 0 bridgehead atoms. The molecule has 1 unspecified atom stereocenters. The van der Waals surface area contributed by atoms with Crippen LogP contribution in [-0.4, -0.2) is 17.2 Å². The zero-order chi connectivity index (χ0) is 16.2. The maximum Gasteiger partial charge on any atom is 0.0886 e. The third kappa shape index (κ3) is 4.43. The summed E-state index contributed by atoms with van der Waals surface area (Å²) in [5.41, 5.74) is 2.43. The number of hydrogen-bond donors (Lipinski definition) is 2. The summed E-state index contributed by atoms with van der Waals surface area (Å²) in [6.07, 6.45) is 0.675. The fourth-order valence-electron chi connectivity index (χ4n) is 2.64. The van der Waals surface area contributed by atoms with Gasteiger partial charge in [-0.25, -0.2) is 0 Å². The van der Waals surface area contributed by atoms with E-state index in [9.17, 15) is 5.11 Å². The highest BCUT2D eigenvalue weighted by molar-refractivity contribution is 5.68. The van der Waals surface area contributed by atoms with E-state index in [0.29, 0.717) is 6.42 Å². The fourth-order valence-corrected chi connectivity index (χ4v) is 2.64. The maximum absolute atomic E-state index is 11.0. The molecule has 2 N–H and O–H groups in total. The van der Waals surface area contributed by atoms with Crippen molar-refractivity contribution in [1.82, 2.24) is 5.32 Å². The normalized spacial score (nSPS) is 14.6. The molecule has 0 amide bonds. The van der Waals surface area contributed by atoms with E-state index in [1.54, 1.807) is 0 Å². The number of benzene rings is 2. The lowest BCUT2D eigenvalue weighted by molar-refractivity contribution is 0.0469. The number of rotatable bonds is 5. The molecule has 0 heterocycles. The lowest BCUT2D eigenvalue weighted by Crippen LogP contribution is -2.39. The molecule has 118 valence electrons. The predicted octanol–water partition coefficient (Wildman–Crippen LogP) is 4.34. The topological polar surface area (TPSA) is 32.3 Å². The molecule has 2 rings (SSSR count). The van der Waals surface area contributed by atoms with Gasteiger partial charge in [0.25, 0.3) is 0 Å². The van der Waals surface area contributed by atoms with Gasteiger partial charge in [-0.3, -0.25) is 0 Å². The average Bonchev–Trinajstić information content (AvgIpc) is 2.46. The number of aliphatic hydroxyl groups is 1. The number of hydrogen-bond acceptors (Lipinski definition) is 2. The SMILES string of the molecule is CC(C)(C)NCCC(C)(O)c1ccccc1-c1ccccc1.